The summed E-state index contributed by atoms with van der Waals surface area (Å²) in [5.74, 6) is -0.115. The molecule has 0 unspecified atom stereocenters. The van der Waals surface area contributed by atoms with Crippen LogP contribution in [0.5, 0.6) is 5.75 Å². The molecule has 1 amide bonds. The number of benzene rings is 1. The molecule has 1 fully saturated rings. The Bertz CT molecular complexity index is 753. The first-order valence-electron chi connectivity index (χ1n) is 8.84. The van der Waals surface area contributed by atoms with Gasteiger partial charge in [-0.15, -0.1) is 0 Å². The van der Waals surface area contributed by atoms with Crippen molar-refractivity contribution in [2.24, 2.45) is 5.41 Å². The van der Waals surface area contributed by atoms with Crippen molar-refractivity contribution in [3.05, 3.63) is 23.8 Å². The van der Waals surface area contributed by atoms with E-state index in [9.17, 15) is 13.2 Å². The smallest absolute Gasteiger partial charge is 0.251 e. The van der Waals surface area contributed by atoms with Crippen molar-refractivity contribution in [3.8, 4) is 5.75 Å². The van der Waals surface area contributed by atoms with Crippen molar-refractivity contribution in [2.75, 3.05) is 54.6 Å². The maximum absolute atomic E-state index is 12.7. The molecule has 0 atom stereocenters. The quantitative estimate of drug-likeness (QED) is 0.668. The monoisotopic (exact) mass is 399 g/mol. The first-order chi connectivity index (χ1) is 12.8. The van der Waals surface area contributed by atoms with Crippen LogP contribution in [0.25, 0.3) is 0 Å². The lowest BCUT2D eigenvalue weighted by Crippen LogP contribution is -2.47. The molecule has 1 heterocycles. The highest BCUT2D eigenvalue weighted by Crippen LogP contribution is 2.29. The van der Waals surface area contributed by atoms with Crippen LogP contribution in [-0.4, -0.2) is 73.2 Å². The van der Waals surface area contributed by atoms with Crippen LogP contribution in [0.2, 0.25) is 0 Å². The van der Waals surface area contributed by atoms with Gasteiger partial charge >= 0.3 is 0 Å². The van der Waals surface area contributed by atoms with Gasteiger partial charge in [-0.2, -0.15) is 0 Å². The lowest BCUT2D eigenvalue weighted by atomic mass is 9.79. The number of ether oxygens (including phenoxy) is 2. The summed E-state index contributed by atoms with van der Waals surface area (Å²) in [6.07, 6.45) is 1.81. The third kappa shape index (κ3) is 4.98. The van der Waals surface area contributed by atoms with Crippen LogP contribution in [0.1, 0.15) is 23.2 Å². The van der Waals surface area contributed by atoms with Gasteiger partial charge in [-0.05, 0) is 44.1 Å². The molecule has 1 aromatic rings. The Labute approximate surface area is 161 Å². The normalized spacial score (nSPS) is 16.9. The largest absolute Gasteiger partial charge is 0.495 e. The fraction of sp³-hybridized carbons (Fsp3) is 0.611. The van der Waals surface area contributed by atoms with Crippen LogP contribution in [0.4, 0.5) is 0 Å². The zero-order valence-corrected chi connectivity index (χ0v) is 17.2. The molecule has 0 saturated carbocycles. The summed E-state index contributed by atoms with van der Waals surface area (Å²) in [7, 11) is 2.20. The Morgan fingerprint density at radius 1 is 1.26 bits per heavy atom. The molecule has 2 N–H and O–H groups in total. The minimum absolute atomic E-state index is 0.0314. The molecule has 0 bridgehead atoms. The number of nitrogens with one attached hydrogen (secondary N) is 2. The first kappa shape index (κ1) is 21.6. The predicted octanol–water partition coefficient (Wildman–Crippen LogP) is 0.692. The molecule has 2 rings (SSSR count). The number of amides is 1. The fourth-order valence-corrected chi connectivity index (χ4v) is 4.30. The SMILES string of the molecule is COCC1(CNC(=O)c2ccc(OC)c(S(=O)(=O)N(C)C)c2)CCNCC1. The Balaban J connectivity index is 2.21. The van der Waals surface area contributed by atoms with E-state index in [4.69, 9.17) is 9.47 Å². The second-order valence-corrected chi connectivity index (χ2v) is 9.14. The highest BCUT2D eigenvalue weighted by Gasteiger charge is 2.33. The van der Waals surface area contributed by atoms with Gasteiger partial charge in [0.2, 0.25) is 10.0 Å². The van der Waals surface area contributed by atoms with Crippen LogP contribution in [0.15, 0.2) is 23.1 Å². The van der Waals surface area contributed by atoms with E-state index in [-0.39, 0.29) is 27.5 Å². The second-order valence-electron chi connectivity index (χ2n) is 7.02. The van der Waals surface area contributed by atoms with E-state index in [2.05, 4.69) is 10.6 Å². The third-order valence-electron chi connectivity index (χ3n) is 4.92. The summed E-state index contributed by atoms with van der Waals surface area (Å²) in [6, 6.07) is 4.42. The number of carbonyl (C=O) groups excluding carboxylic acids is 1. The van der Waals surface area contributed by atoms with Crippen LogP contribution in [0, 0.1) is 5.41 Å². The fourth-order valence-electron chi connectivity index (χ4n) is 3.22. The van der Waals surface area contributed by atoms with Crippen LogP contribution >= 0.6 is 0 Å². The molecule has 27 heavy (non-hydrogen) atoms. The van der Waals surface area contributed by atoms with Crippen LogP contribution in [0.3, 0.4) is 0 Å². The van der Waals surface area contributed by atoms with E-state index in [1.54, 1.807) is 13.2 Å². The number of hydrogen-bond donors (Lipinski definition) is 2. The minimum Gasteiger partial charge on any atom is -0.495 e. The first-order valence-corrected chi connectivity index (χ1v) is 10.3. The summed E-state index contributed by atoms with van der Waals surface area (Å²) in [4.78, 5) is 12.6. The summed E-state index contributed by atoms with van der Waals surface area (Å²) in [5, 5.41) is 6.25. The van der Waals surface area contributed by atoms with E-state index in [1.807, 2.05) is 0 Å². The van der Waals surface area contributed by atoms with Crippen molar-refractivity contribution in [2.45, 2.75) is 17.7 Å². The highest BCUT2D eigenvalue weighted by atomic mass is 32.2. The summed E-state index contributed by atoms with van der Waals surface area (Å²) in [5.41, 5.74) is 0.165. The van der Waals surface area contributed by atoms with E-state index in [1.165, 1.54) is 33.3 Å². The number of carbonyl (C=O) groups is 1. The Morgan fingerprint density at radius 3 is 2.48 bits per heavy atom. The number of methoxy groups -OCH3 is 2. The zero-order chi connectivity index (χ0) is 20.1. The number of rotatable bonds is 8. The van der Waals surface area contributed by atoms with E-state index in [0.717, 1.165) is 30.2 Å². The summed E-state index contributed by atoms with van der Waals surface area (Å²) >= 11 is 0. The van der Waals surface area contributed by atoms with Gasteiger partial charge in [0, 0.05) is 38.7 Å². The van der Waals surface area contributed by atoms with Gasteiger partial charge in [0.05, 0.1) is 13.7 Å². The molecule has 0 radical (unpaired) electrons. The average Bonchev–Trinajstić information content (AvgIpc) is 2.66. The number of piperidine rings is 1. The van der Waals surface area contributed by atoms with Gasteiger partial charge in [0.15, 0.2) is 0 Å². The average molecular weight is 400 g/mol. The molecule has 152 valence electrons. The maximum atomic E-state index is 12.7. The Morgan fingerprint density at radius 2 is 1.93 bits per heavy atom. The van der Waals surface area contributed by atoms with Gasteiger partial charge in [-0.1, -0.05) is 0 Å². The lowest BCUT2D eigenvalue weighted by Gasteiger charge is -2.37. The molecule has 1 aliphatic rings. The van der Waals surface area contributed by atoms with Gasteiger partial charge in [0.25, 0.3) is 5.91 Å². The van der Waals surface area contributed by atoms with Gasteiger partial charge in [-0.25, -0.2) is 12.7 Å². The van der Waals surface area contributed by atoms with Crippen molar-refractivity contribution >= 4 is 15.9 Å². The molecule has 1 aliphatic heterocycles. The van der Waals surface area contributed by atoms with Gasteiger partial charge < -0.3 is 20.1 Å². The van der Waals surface area contributed by atoms with Crippen molar-refractivity contribution in [1.29, 1.82) is 0 Å². The maximum Gasteiger partial charge on any atom is 0.251 e. The van der Waals surface area contributed by atoms with E-state index in [0.29, 0.717) is 13.2 Å². The molecule has 1 aromatic carbocycles. The Kier molecular flexibility index (Phi) is 7.21. The minimum atomic E-state index is -3.73. The molecule has 0 aliphatic carbocycles. The second kappa shape index (κ2) is 9.01. The van der Waals surface area contributed by atoms with Crippen LogP contribution in [-0.2, 0) is 14.8 Å². The number of sulfonamides is 1. The Hall–Kier alpha value is -1.68. The highest BCUT2D eigenvalue weighted by molar-refractivity contribution is 7.89. The van der Waals surface area contributed by atoms with Crippen molar-refractivity contribution in [1.82, 2.24) is 14.9 Å². The van der Waals surface area contributed by atoms with Gasteiger partial charge in [-0.3, -0.25) is 4.79 Å². The standard InChI is InChI=1S/C18H29N3O5S/c1-21(2)27(23,24)16-11-14(5-6-15(16)26-4)17(22)20-12-18(13-25-3)7-9-19-10-8-18/h5-6,11,19H,7-10,12-13H2,1-4H3,(H,20,22). The topological polar surface area (TPSA) is 97.0 Å². The van der Waals surface area contributed by atoms with Crippen LogP contribution < -0.4 is 15.4 Å². The molecular formula is C18H29N3O5S. The number of nitrogens with zero attached hydrogens (tertiary/aromatic N) is 1. The molecule has 9 heteroatoms. The van der Waals surface area contributed by atoms with Crippen molar-refractivity contribution in [3.63, 3.8) is 0 Å². The predicted molar refractivity (Wildman–Crippen MR) is 103 cm³/mol. The lowest BCUT2D eigenvalue weighted by molar-refractivity contribution is 0.0511. The zero-order valence-electron chi connectivity index (χ0n) is 16.4. The summed E-state index contributed by atoms with van der Waals surface area (Å²) < 4.78 is 36.7. The molecular weight excluding hydrogens is 370 g/mol. The molecule has 0 aromatic heterocycles. The molecule has 0 spiro atoms. The van der Waals surface area contributed by atoms with E-state index < -0.39 is 10.0 Å². The van der Waals surface area contributed by atoms with Gasteiger partial charge in [0.1, 0.15) is 10.6 Å². The summed E-state index contributed by atoms with van der Waals surface area (Å²) in [6.45, 7) is 2.81. The third-order valence-corrected chi connectivity index (χ3v) is 6.76. The molecule has 1 saturated heterocycles. The number of hydrogen-bond acceptors (Lipinski definition) is 6. The molecule has 8 nitrogen and oxygen atoms in total. The van der Waals surface area contributed by atoms with E-state index >= 15 is 0 Å². The van der Waals surface area contributed by atoms with Crippen molar-refractivity contribution < 1.29 is 22.7 Å².